The zero-order valence-corrected chi connectivity index (χ0v) is 10.0. The third-order valence-electron chi connectivity index (χ3n) is 2.02. The predicted molar refractivity (Wildman–Crippen MR) is 62.3 cm³/mol. The van der Waals surface area contributed by atoms with Crippen molar-refractivity contribution in [3.05, 3.63) is 22.4 Å². The smallest absolute Gasteiger partial charge is 0.305 e. The largest absolute Gasteiger partial charge is 0.469 e. The summed E-state index contributed by atoms with van der Waals surface area (Å²) in [6.45, 7) is 0.513. The molecule has 0 unspecified atom stereocenters. The number of carbonyl (C=O) groups is 2. The van der Waals surface area contributed by atoms with Crippen LogP contribution in [0, 0.1) is 0 Å². The fraction of sp³-hybridized carbons (Fsp3) is 0.455. The van der Waals surface area contributed by atoms with Gasteiger partial charge in [-0.2, -0.15) is 0 Å². The molecule has 16 heavy (non-hydrogen) atoms. The van der Waals surface area contributed by atoms with E-state index in [4.69, 9.17) is 0 Å². The Hall–Kier alpha value is -1.36. The number of carbonyl (C=O) groups excluding carboxylic acids is 2. The van der Waals surface area contributed by atoms with Crippen LogP contribution in [0.4, 0.5) is 0 Å². The molecule has 1 amide bonds. The number of thiophene rings is 1. The Morgan fingerprint density at radius 3 is 2.94 bits per heavy atom. The van der Waals surface area contributed by atoms with Gasteiger partial charge in [-0.15, -0.1) is 11.3 Å². The molecule has 0 radical (unpaired) electrons. The van der Waals surface area contributed by atoms with Crippen LogP contribution in [0.25, 0.3) is 0 Å². The van der Waals surface area contributed by atoms with Gasteiger partial charge in [0.05, 0.1) is 13.5 Å². The normalized spacial score (nSPS) is 9.81. The summed E-state index contributed by atoms with van der Waals surface area (Å²) in [7, 11) is 1.36. The molecular formula is C11H15NO3S. The van der Waals surface area contributed by atoms with Gasteiger partial charge in [0.25, 0.3) is 0 Å². The second-order valence-electron chi connectivity index (χ2n) is 3.29. The highest BCUT2D eigenvalue weighted by Gasteiger charge is 2.04. The Balaban J connectivity index is 2.09. The molecule has 0 aliphatic heterocycles. The lowest BCUT2D eigenvalue weighted by Crippen LogP contribution is -2.26. The monoisotopic (exact) mass is 241 g/mol. The minimum atomic E-state index is -0.243. The first-order chi connectivity index (χ1) is 7.72. The first-order valence-electron chi connectivity index (χ1n) is 5.08. The summed E-state index contributed by atoms with van der Waals surface area (Å²) in [5.41, 5.74) is 0. The van der Waals surface area contributed by atoms with E-state index in [-0.39, 0.29) is 11.9 Å². The van der Waals surface area contributed by atoms with Gasteiger partial charge in [-0.3, -0.25) is 9.59 Å². The average Bonchev–Trinajstić information content (AvgIpc) is 2.76. The van der Waals surface area contributed by atoms with Gasteiger partial charge >= 0.3 is 5.97 Å². The molecule has 5 heteroatoms. The predicted octanol–water partition coefficient (Wildman–Crippen LogP) is 1.36. The van der Waals surface area contributed by atoms with E-state index >= 15 is 0 Å². The summed E-state index contributed by atoms with van der Waals surface area (Å²) in [6.07, 6.45) is 1.37. The minimum Gasteiger partial charge on any atom is -0.469 e. The molecule has 0 saturated heterocycles. The molecule has 1 aromatic heterocycles. The van der Waals surface area contributed by atoms with Crippen LogP contribution in [0.15, 0.2) is 17.5 Å². The highest BCUT2D eigenvalue weighted by Crippen LogP contribution is 2.08. The molecule has 1 rings (SSSR count). The summed E-state index contributed by atoms with van der Waals surface area (Å²) in [5.74, 6) is -0.250. The topological polar surface area (TPSA) is 55.4 Å². The average molecular weight is 241 g/mol. The van der Waals surface area contributed by atoms with Crippen LogP contribution in [0.1, 0.15) is 17.7 Å². The van der Waals surface area contributed by atoms with Gasteiger partial charge in [0.1, 0.15) is 0 Å². The number of amides is 1. The first kappa shape index (κ1) is 12.7. The van der Waals surface area contributed by atoms with Crippen molar-refractivity contribution in [1.82, 2.24) is 5.32 Å². The second kappa shape index (κ2) is 7.00. The van der Waals surface area contributed by atoms with Gasteiger partial charge in [-0.25, -0.2) is 0 Å². The number of methoxy groups -OCH3 is 1. The molecule has 0 aromatic carbocycles. The zero-order valence-electron chi connectivity index (χ0n) is 9.19. The van der Waals surface area contributed by atoms with Crippen LogP contribution in [-0.4, -0.2) is 25.5 Å². The number of nitrogens with one attached hydrogen (secondary N) is 1. The maximum Gasteiger partial charge on any atom is 0.305 e. The van der Waals surface area contributed by atoms with E-state index in [2.05, 4.69) is 10.1 Å². The van der Waals surface area contributed by atoms with Gasteiger partial charge in [0, 0.05) is 17.8 Å². The van der Waals surface area contributed by atoms with Crippen LogP contribution < -0.4 is 5.32 Å². The maximum absolute atomic E-state index is 11.4. The van der Waals surface area contributed by atoms with Crippen LogP contribution in [0.3, 0.4) is 0 Å². The van der Waals surface area contributed by atoms with Gasteiger partial charge in [-0.05, 0) is 17.9 Å². The summed E-state index contributed by atoms with van der Waals surface area (Å²) in [6, 6.07) is 3.85. The lowest BCUT2D eigenvalue weighted by atomic mass is 10.3. The Morgan fingerprint density at radius 1 is 1.50 bits per heavy atom. The van der Waals surface area contributed by atoms with Crippen LogP contribution in [0.2, 0.25) is 0 Å². The molecule has 0 fully saturated rings. The van der Waals surface area contributed by atoms with Crippen molar-refractivity contribution in [1.29, 1.82) is 0 Å². The second-order valence-corrected chi connectivity index (χ2v) is 4.32. The van der Waals surface area contributed by atoms with Crippen LogP contribution >= 0.6 is 11.3 Å². The Kier molecular flexibility index (Phi) is 5.56. The van der Waals surface area contributed by atoms with Crippen molar-refractivity contribution < 1.29 is 14.3 Å². The minimum absolute atomic E-state index is 0.00711. The molecular weight excluding hydrogens is 226 g/mol. The molecule has 0 atom stereocenters. The van der Waals surface area contributed by atoms with Crippen molar-refractivity contribution >= 4 is 23.2 Å². The van der Waals surface area contributed by atoms with Crippen molar-refractivity contribution in [2.75, 3.05) is 13.7 Å². The maximum atomic E-state index is 11.4. The van der Waals surface area contributed by atoms with Crippen molar-refractivity contribution in [2.24, 2.45) is 0 Å². The lowest BCUT2D eigenvalue weighted by molar-refractivity contribution is -0.140. The Morgan fingerprint density at radius 2 is 2.31 bits per heavy atom. The van der Waals surface area contributed by atoms with Gasteiger partial charge in [0.15, 0.2) is 0 Å². The summed E-state index contributed by atoms with van der Waals surface area (Å²) in [4.78, 5) is 23.2. The molecule has 1 N–H and O–H groups in total. The molecule has 1 heterocycles. The molecule has 4 nitrogen and oxygen atoms in total. The van der Waals surface area contributed by atoms with E-state index in [0.717, 1.165) is 4.88 Å². The highest BCUT2D eigenvalue weighted by molar-refractivity contribution is 7.10. The highest BCUT2D eigenvalue weighted by atomic mass is 32.1. The number of ether oxygens (including phenoxy) is 1. The van der Waals surface area contributed by atoms with E-state index in [1.165, 1.54) is 7.11 Å². The summed E-state index contributed by atoms with van der Waals surface area (Å²) in [5, 5.41) is 4.70. The molecule has 88 valence electrons. The van der Waals surface area contributed by atoms with Crippen LogP contribution in [-0.2, 0) is 20.7 Å². The number of hydrogen-bond donors (Lipinski definition) is 1. The van der Waals surface area contributed by atoms with Crippen molar-refractivity contribution in [3.8, 4) is 0 Å². The quantitative estimate of drug-likeness (QED) is 0.604. The Labute approximate surface area is 98.6 Å². The standard InChI is InChI=1S/C11H15NO3S/c1-15-11(14)5-2-6-12-10(13)8-9-4-3-7-16-9/h3-4,7H,2,5-6,8H2,1H3,(H,12,13). The third kappa shape index (κ3) is 4.93. The summed E-state index contributed by atoms with van der Waals surface area (Å²) < 4.78 is 4.49. The molecule has 1 aromatic rings. The van der Waals surface area contributed by atoms with E-state index < -0.39 is 0 Å². The van der Waals surface area contributed by atoms with Crippen molar-refractivity contribution in [2.45, 2.75) is 19.3 Å². The van der Waals surface area contributed by atoms with E-state index in [0.29, 0.717) is 25.8 Å². The third-order valence-corrected chi connectivity index (χ3v) is 2.90. The molecule has 0 aliphatic carbocycles. The number of esters is 1. The SMILES string of the molecule is COC(=O)CCCNC(=O)Cc1cccs1. The number of hydrogen-bond acceptors (Lipinski definition) is 4. The van der Waals surface area contributed by atoms with Crippen LogP contribution in [0.5, 0.6) is 0 Å². The molecule has 0 aliphatic rings. The first-order valence-corrected chi connectivity index (χ1v) is 5.96. The van der Waals surface area contributed by atoms with E-state index in [1.807, 2.05) is 17.5 Å². The fourth-order valence-electron chi connectivity index (χ4n) is 1.20. The lowest BCUT2D eigenvalue weighted by Gasteiger charge is -2.03. The number of rotatable bonds is 6. The van der Waals surface area contributed by atoms with Gasteiger partial charge < -0.3 is 10.1 Å². The van der Waals surface area contributed by atoms with Gasteiger partial charge in [0.2, 0.25) is 5.91 Å². The van der Waals surface area contributed by atoms with E-state index in [1.54, 1.807) is 11.3 Å². The van der Waals surface area contributed by atoms with E-state index in [9.17, 15) is 9.59 Å². The molecule has 0 saturated carbocycles. The molecule has 0 bridgehead atoms. The zero-order chi connectivity index (χ0) is 11.8. The van der Waals surface area contributed by atoms with Crippen molar-refractivity contribution in [3.63, 3.8) is 0 Å². The molecule has 0 spiro atoms. The van der Waals surface area contributed by atoms with Gasteiger partial charge in [-0.1, -0.05) is 6.07 Å². The fourth-order valence-corrected chi connectivity index (χ4v) is 1.90. The summed E-state index contributed by atoms with van der Waals surface area (Å²) >= 11 is 1.56. The Bertz CT molecular complexity index is 335.